The zero-order valence-corrected chi connectivity index (χ0v) is 13.9. The number of carbonyl (C=O) groups excluding carboxylic acids is 1. The summed E-state index contributed by atoms with van der Waals surface area (Å²) in [6.45, 7) is 6.19. The lowest BCUT2D eigenvalue weighted by Gasteiger charge is -2.11. The number of rotatable bonds is 4. The highest BCUT2D eigenvalue weighted by Crippen LogP contribution is 2.25. The summed E-state index contributed by atoms with van der Waals surface area (Å²) in [6.07, 6.45) is 1.79. The summed E-state index contributed by atoms with van der Waals surface area (Å²) in [5.74, 6) is 0.169. The van der Waals surface area contributed by atoms with Gasteiger partial charge in [0.1, 0.15) is 6.04 Å². The molecule has 6 heteroatoms. The smallest absolute Gasteiger partial charge is 0.247 e. The van der Waals surface area contributed by atoms with Crippen LogP contribution in [0.4, 0.5) is 5.13 Å². The molecule has 3 N–H and O–H groups in total. The molecule has 1 unspecified atom stereocenters. The molecule has 0 aliphatic rings. The third-order valence-electron chi connectivity index (χ3n) is 3.04. The zero-order valence-electron chi connectivity index (χ0n) is 12.3. The Balaban J connectivity index is 0.00000220. The Morgan fingerprint density at radius 3 is 2.43 bits per heavy atom. The maximum absolute atomic E-state index is 12.1. The van der Waals surface area contributed by atoms with Gasteiger partial charge in [0.25, 0.3) is 0 Å². The average molecular weight is 326 g/mol. The van der Waals surface area contributed by atoms with E-state index in [1.165, 1.54) is 11.3 Å². The molecule has 2 rings (SSSR count). The molecular weight excluding hydrogens is 306 g/mol. The Morgan fingerprint density at radius 2 is 1.90 bits per heavy atom. The van der Waals surface area contributed by atoms with Gasteiger partial charge < -0.3 is 11.1 Å². The van der Waals surface area contributed by atoms with Crippen molar-refractivity contribution in [2.24, 2.45) is 5.73 Å². The third kappa shape index (κ3) is 4.52. The minimum absolute atomic E-state index is 0. The molecule has 0 spiro atoms. The summed E-state index contributed by atoms with van der Waals surface area (Å²) in [6, 6.07) is 6.97. The molecule has 0 radical (unpaired) electrons. The second kappa shape index (κ2) is 7.54. The van der Waals surface area contributed by atoms with E-state index < -0.39 is 6.04 Å². The van der Waals surface area contributed by atoms with Crippen molar-refractivity contribution in [3.8, 4) is 0 Å². The van der Waals surface area contributed by atoms with E-state index in [1.807, 2.05) is 31.2 Å². The van der Waals surface area contributed by atoms with Crippen LogP contribution in [0.25, 0.3) is 0 Å². The molecular formula is C15H20ClN3OS. The number of anilines is 1. The molecule has 1 atom stereocenters. The second-order valence-electron chi connectivity index (χ2n) is 5.10. The number of hydrogen-bond acceptors (Lipinski definition) is 4. The highest BCUT2D eigenvalue weighted by Gasteiger charge is 2.17. The first-order valence-corrected chi connectivity index (χ1v) is 7.37. The van der Waals surface area contributed by atoms with E-state index in [9.17, 15) is 4.79 Å². The van der Waals surface area contributed by atoms with Gasteiger partial charge >= 0.3 is 0 Å². The van der Waals surface area contributed by atoms with E-state index in [2.05, 4.69) is 24.1 Å². The van der Waals surface area contributed by atoms with Gasteiger partial charge in [-0.1, -0.05) is 43.7 Å². The van der Waals surface area contributed by atoms with Crippen LogP contribution in [0.3, 0.4) is 0 Å². The molecule has 21 heavy (non-hydrogen) atoms. The van der Waals surface area contributed by atoms with E-state index >= 15 is 0 Å². The van der Waals surface area contributed by atoms with Crippen molar-refractivity contribution >= 4 is 34.8 Å². The quantitative estimate of drug-likeness (QED) is 0.901. The Labute approximate surface area is 135 Å². The summed E-state index contributed by atoms with van der Waals surface area (Å²) < 4.78 is 0. The molecule has 0 fully saturated rings. The number of thiazole rings is 1. The summed E-state index contributed by atoms with van der Waals surface area (Å²) in [7, 11) is 0. The Morgan fingerprint density at radius 1 is 1.29 bits per heavy atom. The molecule has 0 aliphatic carbocycles. The van der Waals surface area contributed by atoms with E-state index in [4.69, 9.17) is 5.73 Å². The van der Waals surface area contributed by atoms with Crippen molar-refractivity contribution < 1.29 is 4.79 Å². The number of aryl methyl sites for hydroxylation is 1. The van der Waals surface area contributed by atoms with Crippen LogP contribution in [-0.2, 0) is 4.79 Å². The normalized spacial score (nSPS) is 11.9. The molecule has 0 saturated heterocycles. The van der Waals surface area contributed by atoms with Gasteiger partial charge in [-0.05, 0) is 18.4 Å². The van der Waals surface area contributed by atoms with Gasteiger partial charge in [-0.2, -0.15) is 0 Å². The molecule has 1 aromatic carbocycles. The lowest BCUT2D eigenvalue weighted by molar-refractivity contribution is -0.117. The summed E-state index contributed by atoms with van der Waals surface area (Å²) in [5, 5.41) is 3.37. The summed E-state index contributed by atoms with van der Waals surface area (Å²) >= 11 is 1.49. The first-order valence-electron chi connectivity index (χ1n) is 6.56. The molecule has 0 aliphatic heterocycles. The number of nitrogens with one attached hydrogen (secondary N) is 1. The number of aromatic nitrogens is 1. The standard InChI is InChI=1S/C15H19N3OS.ClH/c1-9(2)12-8-17-15(20-12)18-14(19)13(16)11-6-4-10(3)5-7-11;/h4-9,13H,16H2,1-3H3,(H,17,18,19);1H. The minimum Gasteiger partial charge on any atom is -0.316 e. The molecule has 114 valence electrons. The zero-order chi connectivity index (χ0) is 14.7. The monoisotopic (exact) mass is 325 g/mol. The van der Waals surface area contributed by atoms with E-state index in [-0.39, 0.29) is 18.3 Å². The van der Waals surface area contributed by atoms with Crippen molar-refractivity contribution in [3.05, 3.63) is 46.5 Å². The fourth-order valence-corrected chi connectivity index (χ4v) is 2.54. The van der Waals surface area contributed by atoms with Gasteiger partial charge in [0.05, 0.1) is 0 Å². The van der Waals surface area contributed by atoms with Crippen molar-refractivity contribution in [1.82, 2.24) is 4.98 Å². The van der Waals surface area contributed by atoms with Crippen LogP contribution in [0.15, 0.2) is 30.5 Å². The predicted molar refractivity (Wildman–Crippen MR) is 90.2 cm³/mol. The number of nitrogens with zero attached hydrogens (tertiary/aromatic N) is 1. The van der Waals surface area contributed by atoms with Gasteiger partial charge in [0.15, 0.2) is 5.13 Å². The highest BCUT2D eigenvalue weighted by atomic mass is 35.5. The van der Waals surface area contributed by atoms with Crippen LogP contribution >= 0.6 is 23.7 Å². The van der Waals surface area contributed by atoms with Crippen LogP contribution in [0.5, 0.6) is 0 Å². The van der Waals surface area contributed by atoms with Crippen molar-refractivity contribution in [2.45, 2.75) is 32.7 Å². The summed E-state index contributed by atoms with van der Waals surface area (Å²) in [5.41, 5.74) is 7.91. The lowest BCUT2D eigenvalue weighted by Crippen LogP contribution is -2.27. The van der Waals surface area contributed by atoms with E-state index in [1.54, 1.807) is 6.20 Å². The van der Waals surface area contributed by atoms with Gasteiger partial charge in [0, 0.05) is 11.1 Å². The Hall–Kier alpha value is -1.43. The van der Waals surface area contributed by atoms with Gasteiger partial charge in [-0.3, -0.25) is 4.79 Å². The number of amides is 1. The maximum atomic E-state index is 12.1. The van der Waals surface area contributed by atoms with Gasteiger partial charge in [-0.15, -0.1) is 23.7 Å². The van der Waals surface area contributed by atoms with Crippen LogP contribution in [0.1, 0.15) is 41.8 Å². The fraction of sp³-hybridized carbons (Fsp3) is 0.333. The average Bonchev–Trinajstić information content (AvgIpc) is 2.87. The Kier molecular flexibility index (Phi) is 6.33. The van der Waals surface area contributed by atoms with Crippen LogP contribution < -0.4 is 11.1 Å². The first kappa shape index (κ1) is 17.6. The summed E-state index contributed by atoms with van der Waals surface area (Å²) in [4.78, 5) is 17.4. The van der Waals surface area contributed by atoms with Crippen LogP contribution in [0, 0.1) is 6.92 Å². The van der Waals surface area contributed by atoms with Gasteiger partial charge in [-0.25, -0.2) is 4.98 Å². The number of hydrogen-bond donors (Lipinski definition) is 2. The molecule has 1 heterocycles. The highest BCUT2D eigenvalue weighted by molar-refractivity contribution is 7.15. The largest absolute Gasteiger partial charge is 0.316 e. The van der Waals surface area contributed by atoms with Crippen LogP contribution in [0.2, 0.25) is 0 Å². The number of benzene rings is 1. The van der Waals surface area contributed by atoms with Crippen molar-refractivity contribution in [1.29, 1.82) is 0 Å². The SMILES string of the molecule is Cc1ccc(C(N)C(=O)Nc2ncc(C(C)C)s2)cc1.Cl. The lowest BCUT2D eigenvalue weighted by atomic mass is 10.1. The fourth-order valence-electron chi connectivity index (χ4n) is 1.72. The van der Waals surface area contributed by atoms with Gasteiger partial charge in [0.2, 0.25) is 5.91 Å². The molecule has 4 nitrogen and oxygen atoms in total. The van der Waals surface area contributed by atoms with E-state index in [0.29, 0.717) is 11.0 Å². The van der Waals surface area contributed by atoms with Crippen molar-refractivity contribution in [2.75, 3.05) is 5.32 Å². The predicted octanol–water partition coefficient (Wildman–Crippen LogP) is 3.64. The number of halogens is 1. The maximum Gasteiger partial charge on any atom is 0.247 e. The topological polar surface area (TPSA) is 68.0 Å². The molecule has 1 aromatic heterocycles. The molecule has 2 aromatic rings. The molecule has 0 bridgehead atoms. The number of nitrogens with two attached hydrogens (primary N) is 1. The second-order valence-corrected chi connectivity index (χ2v) is 6.16. The minimum atomic E-state index is -0.679. The van der Waals surface area contributed by atoms with Crippen molar-refractivity contribution in [3.63, 3.8) is 0 Å². The van der Waals surface area contributed by atoms with E-state index in [0.717, 1.165) is 16.0 Å². The number of carbonyl (C=O) groups is 1. The molecule has 1 amide bonds. The molecule has 0 saturated carbocycles. The van der Waals surface area contributed by atoms with Crippen LogP contribution in [-0.4, -0.2) is 10.9 Å². The first-order chi connectivity index (χ1) is 9.47. The third-order valence-corrected chi connectivity index (χ3v) is 4.26. The Bertz CT molecular complexity index is 595.